The van der Waals surface area contributed by atoms with E-state index in [0.29, 0.717) is 52.7 Å². The van der Waals surface area contributed by atoms with Crippen LogP contribution in [0.5, 0.6) is 11.5 Å². The van der Waals surface area contributed by atoms with Gasteiger partial charge in [0.2, 0.25) is 5.95 Å². The number of hydrogen-bond acceptors (Lipinski definition) is 10. The zero-order valence-corrected chi connectivity index (χ0v) is 23.3. The van der Waals surface area contributed by atoms with Crippen LogP contribution in [0.25, 0.3) is 17.3 Å². The molecule has 5 rings (SSSR count). The Kier molecular flexibility index (Phi) is 8.92. The number of para-hydroxylation sites is 1. The second-order valence-electron chi connectivity index (χ2n) is 9.58. The molecule has 0 radical (unpaired) electrons. The number of ether oxygens (including phenoxy) is 2. The molecule has 2 fully saturated rings. The van der Waals surface area contributed by atoms with Crippen LogP contribution in [0.3, 0.4) is 0 Å². The number of thioether (sulfide) groups is 1. The van der Waals surface area contributed by atoms with Crippen LogP contribution in [0.4, 0.5) is 23.9 Å². The van der Waals surface area contributed by atoms with Crippen LogP contribution < -0.4 is 25.0 Å². The van der Waals surface area contributed by atoms with Gasteiger partial charge in [0.1, 0.15) is 11.5 Å². The number of amides is 2. The van der Waals surface area contributed by atoms with Crippen molar-refractivity contribution in [3.63, 3.8) is 0 Å². The minimum Gasteiger partial charge on any atom is -0.495 e. The van der Waals surface area contributed by atoms with E-state index in [0.717, 1.165) is 37.7 Å². The number of imide groups is 1. The van der Waals surface area contributed by atoms with Gasteiger partial charge in [0.25, 0.3) is 11.1 Å². The van der Waals surface area contributed by atoms with Gasteiger partial charge < -0.3 is 19.7 Å². The fraction of sp³-hybridized carbons (Fsp3) is 0.321. The fourth-order valence-corrected chi connectivity index (χ4v) is 5.39. The van der Waals surface area contributed by atoms with Crippen molar-refractivity contribution in [1.82, 2.24) is 25.6 Å². The third-order valence-electron chi connectivity index (χ3n) is 6.75. The molecule has 14 heteroatoms. The molecule has 1 aromatic carbocycles. The molecule has 0 aliphatic carbocycles. The summed E-state index contributed by atoms with van der Waals surface area (Å²) in [5.41, 5.74) is 1.70. The van der Waals surface area contributed by atoms with Crippen LogP contribution >= 0.6 is 11.8 Å². The number of aromatic nitrogens is 3. The SMILES string of the molecule is COc1ccc(-c2ccccc2OC(F)(F)F)nc1CNCC1CCN(c2nccc(/C=C3/SC(=O)NC3=O)n2)CC1. The minimum atomic E-state index is -4.82. The largest absolute Gasteiger partial charge is 0.573 e. The predicted octanol–water partition coefficient (Wildman–Crippen LogP) is 4.78. The number of carbonyl (C=O) groups is 2. The van der Waals surface area contributed by atoms with E-state index in [1.165, 1.54) is 25.3 Å². The van der Waals surface area contributed by atoms with Crippen LogP contribution in [-0.4, -0.2) is 59.2 Å². The Morgan fingerprint density at radius 3 is 2.60 bits per heavy atom. The minimum absolute atomic E-state index is 0.229. The van der Waals surface area contributed by atoms with Gasteiger partial charge >= 0.3 is 6.36 Å². The van der Waals surface area contributed by atoms with Crippen LogP contribution in [0, 0.1) is 5.92 Å². The van der Waals surface area contributed by atoms with Gasteiger partial charge in [-0.2, -0.15) is 0 Å². The number of benzene rings is 1. The van der Waals surface area contributed by atoms with Gasteiger partial charge in [-0.15, -0.1) is 13.2 Å². The highest BCUT2D eigenvalue weighted by Gasteiger charge is 2.32. The lowest BCUT2D eigenvalue weighted by molar-refractivity contribution is -0.274. The number of alkyl halides is 3. The Bertz CT molecular complexity index is 1490. The number of nitrogens with zero attached hydrogens (tertiary/aromatic N) is 4. The number of pyridine rings is 1. The Balaban J connectivity index is 1.17. The lowest BCUT2D eigenvalue weighted by Gasteiger charge is -2.32. The first-order chi connectivity index (χ1) is 20.2. The number of methoxy groups -OCH3 is 1. The quantitative estimate of drug-likeness (QED) is 0.333. The summed E-state index contributed by atoms with van der Waals surface area (Å²) in [4.78, 5) is 39.1. The van der Waals surface area contributed by atoms with Crippen LogP contribution in [0.1, 0.15) is 24.2 Å². The number of carbonyl (C=O) groups excluding carboxylic acids is 2. The Hall–Kier alpha value is -4.17. The molecule has 0 bridgehead atoms. The first kappa shape index (κ1) is 29.3. The van der Waals surface area contributed by atoms with Crippen molar-refractivity contribution in [1.29, 1.82) is 0 Å². The molecule has 0 saturated carbocycles. The van der Waals surface area contributed by atoms with Gasteiger partial charge in [-0.1, -0.05) is 12.1 Å². The van der Waals surface area contributed by atoms with E-state index in [1.807, 2.05) is 0 Å². The number of hydrogen-bond donors (Lipinski definition) is 2. The van der Waals surface area contributed by atoms with E-state index in [-0.39, 0.29) is 11.3 Å². The standard InChI is InChI=1S/C28H27F3N6O4S/c1-40-23-7-6-20(19-4-2-3-5-22(19)41-28(29,30)31)35-21(23)16-32-15-17-9-12-37(13-10-17)26-33-11-8-18(34-26)14-24-25(38)36-27(39)42-24/h2-8,11,14,17,32H,9-10,12-13,15-16H2,1H3,(H,36,38,39)/b24-14+. The number of halogens is 3. The van der Waals surface area contributed by atoms with E-state index in [9.17, 15) is 22.8 Å². The van der Waals surface area contributed by atoms with Gasteiger partial charge in [-0.05, 0) is 73.5 Å². The second-order valence-corrected chi connectivity index (χ2v) is 10.6. The smallest absolute Gasteiger partial charge is 0.495 e. The molecule has 3 aromatic rings. The maximum atomic E-state index is 12.9. The highest BCUT2D eigenvalue weighted by molar-refractivity contribution is 8.18. The summed E-state index contributed by atoms with van der Waals surface area (Å²) < 4.78 is 48.4. The maximum Gasteiger partial charge on any atom is 0.573 e. The average Bonchev–Trinajstić information content (AvgIpc) is 3.28. The molecule has 4 heterocycles. The van der Waals surface area contributed by atoms with Crippen molar-refractivity contribution in [2.24, 2.45) is 5.92 Å². The molecule has 220 valence electrons. The molecule has 0 atom stereocenters. The monoisotopic (exact) mass is 600 g/mol. The van der Waals surface area contributed by atoms with Gasteiger partial charge in [0.15, 0.2) is 0 Å². The fourth-order valence-electron chi connectivity index (χ4n) is 4.72. The maximum absolute atomic E-state index is 12.9. The molecule has 42 heavy (non-hydrogen) atoms. The first-order valence-corrected chi connectivity index (χ1v) is 13.9. The topological polar surface area (TPSA) is 119 Å². The molecular weight excluding hydrogens is 573 g/mol. The normalized spacial score (nSPS) is 17.0. The predicted molar refractivity (Wildman–Crippen MR) is 151 cm³/mol. The summed E-state index contributed by atoms with van der Waals surface area (Å²) in [6.45, 7) is 2.57. The van der Waals surface area contributed by atoms with Crippen molar-refractivity contribution >= 4 is 34.9 Å². The summed E-state index contributed by atoms with van der Waals surface area (Å²) in [5, 5.41) is 5.23. The van der Waals surface area contributed by atoms with Crippen LogP contribution in [-0.2, 0) is 11.3 Å². The van der Waals surface area contributed by atoms with Crippen molar-refractivity contribution in [3.8, 4) is 22.8 Å². The van der Waals surface area contributed by atoms with Gasteiger partial charge in [-0.3, -0.25) is 14.9 Å². The highest BCUT2D eigenvalue weighted by atomic mass is 32.2. The van der Waals surface area contributed by atoms with E-state index < -0.39 is 17.5 Å². The summed E-state index contributed by atoms with van der Waals surface area (Å²) in [6.07, 6.45) is 0.168. The summed E-state index contributed by atoms with van der Waals surface area (Å²) in [5.74, 6) is 0.716. The molecule has 2 aromatic heterocycles. The van der Waals surface area contributed by atoms with Gasteiger partial charge in [-0.25, -0.2) is 15.0 Å². The second kappa shape index (κ2) is 12.8. The lowest BCUT2D eigenvalue weighted by Crippen LogP contribution is -2.38. The molecule has 10 nitrogen and oxygen atoms in total. The van der Waals surface area contributed by atoms with Crippen molar-refractivity contribution < 1.29 is 32.2 Å². The van der Waals surface area contributed by atoms with Gasteiger partial charge in [0.05, 0.1) is 29.1 Å². The summed E-state index contributed by atoms with van der Waals surface area (Å²) in [7, 11) is 1.52. The van der Waals surface area contributed by atoms with Crippen molar-refractivity contribution in [2.75, 3.05) is 31.6 Å². The van der Waals surface area contributed by atoms with Gasteiger partial charge in [0, 0.05) is 31.4 Å². The molecule has 2 aliphatic rings. The van der Waals surface area contributed by atoms with Crippen LogP contribution in [0.2, 0.25) is 0 Å². The zero-order chi connectivity index (χ0) is 29.7. The molecule has 2 saturated heterocycles. The van der Waals surface area contributed by atoms with E-state index >= 15 is 0 Å². The molecule has 2 N–H and O–H groups in total. The first-order valence-electron chi connectivity index (χ1n) is 13.1. The Morgan fingerprint density at radius 1 is 1.10 bits per heavy atom. The van der Waals surface area contributed by atoms with Crippen molar-refractivity contribution in [3.05, 3.63) is 65.0 Å². The van der Waals surface area contributed by atoms with E-state index in [2.05, 4.69) is 35.2 Å². The molecule has 2 amide bonds. The Labute approximate surface area is 243 Å². The molecule has 2 aliphatic heterocycles. The number of nitrogens with one attached hydrogen (secondary N) is 2. The molecule has 0 spiro atoms. The lowest BCUT2D eigenvalue weighted by atomic mass is 9.97. The van der Waals surface area contributed by atoms with E-state index in [4.69, 9.17) is 4.74 Å². The third kappa shape index (κ3) is 7.36. The highest BCUT2D eigenvalue weighted by Crippen LogP contribution is 2.34. The molecular formula is C28H27F3N6O4S. The number of piperidine rings is 1. The number of anilines is 1. The number of rotatable bonds is 9. The van der Waals surface area contributed by atoms with E-state index in [1.54, 1.807) is 36.5 Å². The zero-order valence-electron chi connectivity index (χ0n) is 22.5. The van der Waals surface area contributed by atoms with Crippen molar-refractivity contribution in [2.45, 2.75) is 25.7 Å². The average molecular weight is 601 g/mol. The summed E-state index contributed by atoms with van der Waals surface area (Å²) >= 11 is 0.842. The summed E-state index contributed by atoms with van der Waals surface area (Å²) in [6, 6.07) is 10.9. The Morgan fingerprint density at radius 2 is 1.88 bits per heavy atom. The van der Waals surface area contributed by atoms with Crippen LogP contribution in [0.15, 0.2) is 53.6 Å². The molecule has 0 unspecified atom stereocenters. The third-order valence-corrected chi connectivity index (χ3v) is 7.56.